The summed E-state index contributed by atoms with van der Waals surface area (Å²) in [5.74, 6) is -0.460. The van der Waals surface area contributed by atoms with Crippen LogP contribution in [0.4, 0.5) is 5.69 Å². The van der Waals surface area contributed by atoms with Crippen molar-refractivity contribution < 1.29 is 23.8 Å². The average Bonchev–Trinajstić information content (AvgIpc) is 2.65. The summed E-state index contributed by atoms with van der Waals surface area (Å²) >= 11 is 0. The minimum Gasteiger partial charge on any atom is -0.496 e. The third kappa shape index (κ3) is 4.50. The van der Waals surface area contributed by atoms with E-state index in [-0.39, 0.29) is 5.56 Å². The maximum Gasteiger partial charge on any atom is 0.346 e. The fraction of sp³-hybridized carbons (Fsp3) is 0.263. The molecule has 0 heterocycles. The molecular weight excluding hydrogens is 322 g/mol. The maximum absolute atomic E-state index is 12.3. The highest BCUT2D eigenvalue weighted by atomic mass is 16.5. The monoisotopic (exact) mass is 343 g/mol. The van der Waals surface area contributed by atoms with Crippen molar-refractivity contribution in [3.8, 4) is 11.5 Å². The minimum absolute atomic E-state index is 0.147. The highest BCUT2D eigenvalue weighted by Crippen LogP contribution is 2.28. The van der Waals surface area contributed by atoms with Crippen molar-refractivity contribution in [2.75, 3.05) is 26.1 Å². The summed E-state index contributed by atoms with van der Waals surface area (Å²) in [5, 5.41) is 2.75. The number of aryl methyl sites for hydroxylation is 1. The molecule has 1 N–H and O–H groups in total. The molecule has 1 amide bonds. The summed E-state index contributed by atoms with van der Waals surface area (Å²) in [7, 11) is 2.89. The van der Waals surface area contributed by atoms with E-state index in [9.17, 15) is 9.59 Å². The molecular formula is C19H21NO5. The Bertz CT molecular complexity index is 735. The lowest BCUT2D eigenvalue weighted by molar-refractivity contribution is -0.119. The lowest BCUT2D eigenvalue weighted by Crippen LogP contribution is -2.22. The van der Waals surface area contributed by atoms with Crippen LogP contribution in [0.25, 0.3) is 0 Å². The fourth-order valence-electron chi connectivity index (χ4n) is 2.39. The molecule has 0 bridgehead atoms. The number of nitrogens with one attached hydrogen (secondary N) is 1. The lowest BCUT2D eigenvalue weighted by atomic mass is 10.1. The molecule has 0 aliphatic heterocycles. The molecule has 0 atom stereocenters. The number of carbonyl (C=O) groups excluding carboxylic acids is 2. The van der Waals surface area contributed by atoms with E-state index in [1.54, 1.807) is 18.2 Å². The van der Waals surface area contributed by atoms with Crippen LogP contribution in [-0.4, -0.2) is 32.7 Å². The van der Waals surface area contributed by atoms with E-state index in [0.29, 0.717) is 17.2 Å². The van der Waals surface area contributed by atoms with E-state index in [4.69, 9.17) is 14.2 Å². The third-order valence-electron chi connectivity index (χ3n) is 3.64. The molecule has 2 aromatic rings. The first-order valence-corrected chi connectivity index (χ1v) is 7.86. The summed E-state index contributed by atoms with van der Waals surface area (Å²) in [6.45, 7) is 1.59. The van der Waals surface area contributed by atoms with Gasteiger partial charge in [0.2, 0.25) is 0 Å². The Morgan fingerprint density at radius 2 is 1.60 bits per heavy atom. The molecule has 6 heteroatoms. The van der Waals surface area contributed by atoms with E-state index < -0.39 is 18.5 Å². The average molecular weight is 343 g/mol. The Labute approximate surface area is 146 Å². The van der Waals surface area contributed by atoms with Crippen LogP contribution in [0.2, 0.25) is 0 Å². The highest BCUT2D eigenvalue weighted by molar-refractivity contribution is 5.98. The van der Waals surface area contributed by atoms with E-state index >= 15 is 0 Å². The predicted molar refractivity (Wildman–Crippen MR) is 94.3 cm³/mol. The van der Waals surface area contributed by atoms with Crippen molar-refractivity contribution in [1.29, 1.82) is 0 Å². The van der Waals surface area contributed by atoms with Gasteiger partial charge in [-0.2, -0.15) is 0 Å². The van der Waals surface area contributed by atoms with Crippen LogP contribution < -0.4 is 14.8 Å². The van der Waals surface area contributed by atoms with Gasteiger partial charge < -0.3 is 19.5 Å². The number of carbonyl (C=O) groups is 2. The van der Waals surface area contributed by atoms with Crippen molar-refractivity contribution in [3.63, 3.8) is 0 Å². The predicted octanol–water partition coefficient (Wildman–Crippen LogP) is 3.06. The van der Waals surface area contributed by atoms with Crippen LogP contribution in [0, 0.1) is 0 Å². The molecule has 132 valence electrons. The number of amides is 1. The first-order chi connectivity index (χ1) is 12.1. The number of benzene rings is 2. The molecule has 0 aliphatic carbocycles. The first-order valence-electron chi connectivity index (χ1n) is 7.86. The van der Waals surface area contributed by atoms with Crippen LogP contribution in [0.1, 0.15) is 22.8 Å². The number of methoxy groups -OCH3 is 2. The van der Waals surface area contributed by atoms with Crippen molar-refractivity contribution in [2.24, 2.45) is 0 Å². The van der Waals surface area contributed by atoms with Gasteiger partial charge in [-0.25, -0.2) is 4.79 Å². The number of anilines is 1. The Balaban J connectivity index is 2.04. The molecule has 25 heavy (non-hydrogen) atoms. The summed E-state index contributed by atoms with van der Waals surface area (Å²) in [5.41, 5.74) is 1.86. The lowest BCUT2D eigenvalue weighted by Gasteiger charge is -2.13. The topological polar surface area (TPSA) is 73.9 Å². The van der Waals surface area contributed by atoms with E-state index in [1.165, 1.54) is 14.2 Å². The molecule has 2 rings (SSSR count). The van der Waals surface area contributed by atoms with Crippen LogP contribution in [-0.2, 0) is 16.0 Å². The molecule has 0 radical (unpaired) electrons. The van der Waals surface area contributed by atoms with Gasteiger partial charge in [0.25, 0.3) is 5.91 Å². The first kappa shape index (κ1) is 18.3. The van der Waals surface area contributed by atoms with Crippen molar-refractivity contribution in [2.45, 2.75) is 13.3 Å². The zero-order valence-electron chi connectivity index (χ0n) is 14.5. The Morgan fingerprint density at radius 1 is 0.960 bits per heavy atom. The summed E-state index contributed by atoms with van der Waals surface area (Å²) in [6, 6.07) is 12.4. The number of hydrogen-bond acceptors (Lipinski definition) is 5. The Kier molecular flexibility index (Phi) is 6.39. The van der Waals surface area contributed by atoms with Gasteiger partial charge >= 0.3 is 5.97 Å². The fourth-order valence-corrected chi connectivity index (χ4v) is 2.39. The van der Waals surface area contributed by atoms with Crippen LogP contribution in [0.3, 0.4) is 0 Å². The zero-order chi connectivity index (χ0) is 18.2. The summed E-state index contributed by atoms with van der Waals surface area (Å²) in [6.07, 6.45) is 0.786. The third-order valence-corrected chi connectivity index (χ3v) is 3.64. The number of rotatable bonds is 7. The van der Waals surface area contributed by atoms with Crippen molar-refractivity contribution >= 4 is 17.6 Å². The second kappa shape index (κ2) is 8.73. The van der Waals surface area contributed by atoms with Gasteiger partial charge in [0.15, 0.2) is 6.61 Å². The van der Waals surface area contributed by atoms with Gasteiger partial charge in [0.05, 0.1) is 14.2 Å². The molecule has 0 aromatic heterocycles. The van der Waals surface area contributed by atoms with Crippen molar-refractivity contribution in [3.05, 3.63) is 53.6 Å². The number of hydrogen-bond donors (Lipinski definition) is 1. The van der Waals surface area contributed by atoms with Gasteiger partial charge in [0, 0.05) is 5.69 Å². The standard InChI is InChI=1S/C19H21NO5/c1-4-13-8-5-6-9-14(13)20-17(21)12-25-19(22)18-15(23-2)10-7-11-16(18)24-3/h5-11H,4,12H2,1-3H3,(H,20,21). The van der Waals surface area contributed by atoms with Gasteiger partial charge in [-0.3, -0.25) is 4.79 Å². The van der Waals surface area contributed by atoms with Gasteiger partial charge in [-0.05, 0) is 30.2 Å². The van der Waals surface area contributed by atoms with Crippen LogP contribution in [0.15, 0.2) is 42.5 Å². The zero-order valence-corrected chi connectivity index (χ0v) is 14.5. The van der Waals surface area contributed by atoms with E-state index in [0.717, 1.165) is 12.0 Å². The molecule has 2 aromatic carbocycles. The minimum atomic E-state index is -0.687. The normalized spacial score (nSPS) is 10.0. The van der Waals surface area contributed by atoms with Gasteiger partial charge in [0.1, 0.15) is 17.1 Å². The Morgan fingerprint density at radius 3 is 2.20 bits per heavy atom. The summed E-state index contributed by atoms with van der Waals surface area (Å²) in [4.78, 5) is 24.4. The number of esters is 1. The molecule has 0 aliphatic rings. The second-order valence-corrected chi connectivity index (χ2v) is 5.17. The van der Waals surface area contributed by atoms with Crippen LogP contribution in [0.5, 0.6) is 11.5 Å². The molecule has 0 saturated heterocycles. The largest absolute Gasteiger partial charge is 0.496 e. The molecule has 0 saturated carbocycles. The van der Waals surface area contributed by atoms with E-state index in [2.05, 4.69) is 5.32 Å². The van der Waals surface area contributed by atoms with E-state index in [1.807, 2.05) is 31.2 Å². The quantitative estimate of drug-likeness (QED) is 0.782. The molecule has 6 nitrogen and oxygen atoms in total. The smallest absolute Gasteiger partial charge is 0.346 e. The van der Waals surface area contributed by atoms with Crippen molar-refractivity contribution in [1.82, 2.24) is 0 Å². The molecule has 0 spiro atoms. The Hall–Kier alpha value is -3.02. The van der Waals surface area contributed by atoms with Gasteiger partial charge in [-0.1, -0.05) is 31.2 Å². The van der Waals surface area contributed by atoms with Gasteiger partial charge in [-0.15, -0.1) is 0 Å². The molecule has 0 fully saturated rings. The number of ether oxygens (including phenoxy) is 3. The van der Waals surface area contributed by atoms with Crippen LogP contribution >= 0.6 is 0 Å². The SMILES string of the molecule is CCc1ccccc1NC(=O)COC(=O)c1c(OC)cccc1OC. The molecule has 0 unspecified atom stereocenters. The second-order valence-electron chi connectivity index (χ2n) is 5.17. The summed E-state index contributed by atoms with van der Waals surface area (Å²) < 4.78 is 15.4. The number of para-hydroxylation sites is 1. The highest BCUT2D eigenvalue weighted by Gasteiger charge is 2.20. The maximum atomic E-state index is 12.3.